The maximum atomic E-state index is 13.8. The fourth-order valence-electron chi connectivity index (χ4n) is 3.37. The van der Waals surface area contributed by atoms with Gasteiger partial charge < -0.3 is 14.9 Å². The molecule has 1 aliphatic heterocycles. The Labute approximate surface area is 168 Å². The monoisotopic (exact) mass is 401 g/mol. The van der Waals surface area contributed by atoms with Crippen LogP contribution in [0.25, 0.3) is 10.8 Å². The highest BCUT2D eigenvalue weighted by atomic mass is 19.1. The number of amides is 1. The molecule has 3 rings (SSSR count). The first kappa shape index (κ1) is 20.7. The predicted octanol–water partition coefficient (Wildman–Crippen LogP) is 2.91. The molecule has 2 aromatic rings. The van der Waals surface area contributed by atoms with Gasteiger partial charge in [-0.3, -0.25) is 14.6 Å². The van der Waals surface area contributed by atoms with E-state index in [0.717, 1.165) is 10.8 Å². The SMILES string of the molecule is CC(=O)OC(C(C)F)C(C)NC(=O)C1(C)CC(c2nccc3ccccc23)=NO1. The minimum atomic E-state index is -1.45. The van der Waals surface area contributed by atoms with Crippen molar-refractivity contribution in [1.29, 1.82) is 0 Å². The van der Waals surface area contributed by atoms with Crippen LogP contribution in [0, 0.1) is 0 Å². The Morgan fingerprint density at radius 3 is 2.69 bits per heavy atom. The van der Waals surface area contributed by atoms with Crippen molar-refractivity contribution < 1.29 is 23.6 Å². The van der Waals surface area contributed by atoms with Gasteiger partial charge in [0, 0.05) is 24.9 Å². The van der Waals surface area contributed by atoms with Crippen LogP contribution in [0.2, 0.25) is 0 Å². The largest absolute Gasteiger partial charge is 0.457 e. The molecule has 0 saturated carbocycles. The van der Waals surface area contributed by atoms with Gasteiger partial charge in [0.25, 0.3) is 5.91 Å². The molecule has 1 aromatic carbocycles. The third kappa shape index (κ3) is 4.36. The number of fused-ring (bicyclic) bond motifs is 1. The number of hydrogen-bond donors (Lipinski definition) is 1. The summed E-state index contributed by atoms with van der Waals surface area (Å²) in [4.78, 5) is 33.9. The van der Waals surface area contributed by atoms with E-state index in [1.165, 1.54) is 13.8 Å². The van der Waals surface area contributed by atoms with Gasteiger partial charge in [-0.25, -0.2) is 4.39 Å². The highest BCUT2D eigenvalue weighted by molar-refractivity contribution is 6.11. The van der Waals surface area contributed by atoms with Gasteiger partial charge in [0.2, 0.25) is 5.60 Å². The van der Waals surface area contributed by atoms with Crippen LogP contribution in [0.5, 0.6) is 0 Å². The number of hydrogen-bond acceptors (Lipinski definition) is 6. The topological polar surface area (TPSA) is 89.9 Å². The molecule has 0 radical (unpaired) electrons. The molecule has 1 amide bonds. The minimum absolute atomic E-state index is 0.204. The number of aromatic nitrogens is 1. The molecule has 2 heterocycles. The van der Waals surface area contributed by atoms with Crippen LogP contribution in [0.3, 0.4) is 0 Å². The second-order valence-corrected chi connectivity index (χ2v) is 7.43. The van der Waals surface area contributed by atoms with Crippen LogP contribution >= 0.6 is 0 Å². The van der Waals surface area contributed by atoms with Crippen LogP contribution in [-0.4, -0.2) is 46.5 Å². The molecule has 1 N–H and O–H groups in total. The van der Waals surface area contributed by atoms with Gasteiger partial charge in [0.1, 0.15) is 11.9 Å². The Kier molecular flexibility index (Phi) is 5.81. The van der Waals surface area contributed by atoms with Crippen molar-refractivity contribution in [3.8, 4) is 0 Å². The van der Waals surface area contributed by atoms with Gasteiger partial charge in [-0.15, -0.1) is 0 Å². The number of alkyl halides is 1. The summed E-state index contributed by atoms with van der Waals surface area (Å²) in [6.45, 7) is 5.66. The van der Waals surface area contributed by atoms with Crippen LogP contribution in [0.1, 0.15) is 39.8 Å². The van der Waals surface area contributed by atoms with E-state index in [0.29, 0.717) is 11.4 Å². The number of nitrogens with one attached hydrogen (secondary N) is 1. The van der Waals surface area contributed by atoms with Crippen LogP contribution < -0.4 is 5.32 Å². The second kappa shape index (κ2) is 8.14. The molecule has 0 spiro atoms. The Morgan fingerprint density at radius 1 is 1.28 bits per heavy atom. The summed E-state index contributed by atoms with van der Waals surface area (Å²) in [5, 5.41) is 8.70. The van der Waals surface area contributed by atoms with Crippen molar-refractivity contribution in [3.05, 3.63) is 42.2 Å². The molecule has 0 aliphatic carbocycles. The number of ether oxygens (including phenoxy) is 1. The number of oxime groups is 1. The van der Waals surface area contributed by atoms with Gasteiger partial charge in [-0.05, 0) is 32.2 Å². The van der Waals surface area contributed by atoms with E-state index in [2.05, 4.69) is 15.5 Å². The van der Waals surface area contributed by atoms with Crippen molar-refractivity contribution in [2.24, 2.45) is 5.16 Å². The van der Waals surface area contributed by atoms with Gasteiger partial charge in [-0.2, -0.15) is 0 Å². The molecular formula is C21H24FN3O4. The molecule has 4 unspecified atom stereocenters. The lowest BCUT2D eigenvalue weighted by atomic mass is 9.94. The van der Waals surface area contributed by atoms with Crippen LogP contribution in [0.15, 0.2) is 41.7 Å². The van der Waals surface area contributed by atoms with Crippen molar-refractivity contribution in [3.63, 3.8) is 0 Å². The van der Waals surface area contributed by atoms with Gasteiger partial charge in [0.15, 0.2) is 6.10 Å². The molecule has 7 nitrogen and oxygen atoms in total. The number of nitrogens with zero attached hydrogens (tertiary/aromatic N) is 2. The number of carbonyl (C=O) groups excluding carboxylic acids is 2. The summed E-state index contributed by atoms with van der Waals surface area (Å²) < 4.78 is 18.8. The van der Waals surface area contributed by atoms with E-state index in [-0.39, 0.29) is 6.42 Å². The van der Waals surface area contributed by atoms with E-state index in [1.807, 2.05) is 30.3 Å². The molecule has 29 heavy (non-hydrogen) atoms. The van der Waals surface area contributed by atoms with Crippen molar-refractivity contribution in [2.75, 3.05) is 0 Å². The quantitative estimate of drug-likeness (QED) is 0.752. The van der Waals surface area contributed by atoms with E-state index >= 15 is 0 Å². The fourth-order valence-corrected chi connectivity index (χ4v) is 3.37. The van der Waals surface area contributed by atoms with E-state index < -0.39 is 35.8 Å². The molecule has 8 heteroatoms. The zero-order chi connectivity index (χ0) is 21.2. The van der Waals surface area contributed by atoms with Crippen LogP contribution in [0.4, 0.5) is 4.39 Å². The molecule has 154 valence electrons. The summed E-state index contributed by atoms with van der Waals surface area (Å²) in [6, 6.07) is 8.90. The summed E-state index contributed by atoms with van der Waals surface area (Å²) in [6.07, 6.45) is -0.653. The molecule has 0 bridgehead atoms. The first-order valence-electron chi connectivity index (χ1n) is 9.42. The third-order valence-electron chi connectivity index (χ3n) is 4.90. The number of halogens is 1. The zero-order valence-electron chi connectivity index (χ0n) is 16.8. The molecular weight excluding hydrogens is 377 g/mol. The summed E-state index contributed by atoms with van der Waals surface area (Å²) in [5.74, 6) is -1.08. The van der Waals surface area contributed by atoms with E-state index in [9.17, 15) is 14.0 Å². The lowest BCUT2D eigenvalue weighted by molar-refractivity contribution is -0.154. The summed E-state index contributed by atoms with van der Waals surface area (Å²) in [7, 11) is 0. The average Bonchev–Trinajstić information content (AvgIpc) is 3.08. The normalized spacial score (nSPS) is 21.6. The molecule has 0 fully saturated rings. The maximum absolute atomic E-state index is 13.8. The molecule has 0 saturated heterocycles. The fraction of sp³-hybridized carbons (Fsp3) is 0.429. The molecule has 1 aliphatic rings. The summed E-state index contributed by atoms with van der Waals surface area (Å²) in [5.41, 5.74) is -0.0620. The first-order chi connectivity index (χ1) is 13.7. The average molecular weight is 401 g/mol. The minimum Gasteiger partial charge on any atom is -0.457 e. The van der Waals surface area contributed by atoms with Gasteiger partial charge >= 0.3 is 5.97 Å². The van der Waals surface area contributed by atoms with E-state index in [1.54, 1.807) is 20.0 Å². The van der Waals surface area contributed by atoms with Crippen molar-refractivity contribution in [2.45, 2.75) is 58.0 Å². The lowest BCUT2D eigenvalue weighted by Gasteiger charge is -2.28. The molecule has 4 atom stereocenters. The second-order valence-electron chi connectivity index (χ2n) is 7.43. The standard InChI is InChI=1S/C21H24FN3O4/c1-12(22)19(28-14(3)26)13(2)24-20(27)21(4)11-17(25-29-21)18-16-8-6-5-7-15(16)9-10-23-18/h5-10,12-13,19H,11H2,1-4H3,(H,24,27). The number of carbonyl (C=O) groups is 2. The zero-order valence-corrected chi connectivity index (χ0v) is 16.8. The van der Waals surface area contributed by atoms with Crippen LogP contribution in [-0.2, 0) is 19.2 Å². The summed E-state index contributed by atoms with van der Waals surface area (Å²) >= 11 is 0. The third-order valence-corrected chi connectivity index (χ3v) is 4.90. The predicted molar refractivity (Wildman–Crippen MR) is 106 cm³/mol. The highest BCUT2D eigenvalue weighted by Crippen LogP contribution is 2.29. The number of pyridine rings is 1. The number of rotatable bonds is 6. The molecule has 1 aromatic heterocycles. The van der Waals surface area contributed by atoms with Crippen molar-refractivity contribution >= 4 is 28.4 Å². The Balaban J connectivity index is 1.74. The van der Waals surface area contributed by atoms with Gasteiger partial charge in [0.05, 0.1) is 11.7 Å². The lowest BCUT2D eigenvalue weighted by Crippen LogP contribution is -2.53. The van der Waals surface area contributed by atoms with E-state index in [4.69, 9.17) is 9.57 Å². The van der Waals surface area contributed by atoms with Gasteiger partial charge in [-0.1, -0.05) is 29.4 Å². The maximum Gasteiger partial charge on any atom is 0.303 e. The van der Waals surface area contributed by atoms with Crippen molar-refractivity contribution in [1.82, 2.24) is 10.3 Å². The Hall–Kier alpha value is -3.03. The number of benzene rings is 1. The number of esters is 1. The smallest absolute Gasteiger partial charge is 0.303 e. The Bertz CT molecular complexity index is 957. The highest BCUT2D eigenvalue weighted by Gasteiger charge is 2.44. The Morgan fingerprint density at radius 2 is 2.00 bits per heavy atom. The first-order valence-corrected chi connectivity index (χ1v) is 9.42.